The largest absolute Gasteiger partial charge is 0.496 e. The molecule has 0 aliphatic carbocycles. The van der Waals surface area contributed by atoms with Gasteiger partial charge in [0.2, 0.25) is 0 Å². The van der Waals surface area contributed by atoms with Crippen molar-refractivity contribution in [2.45, 2.75) is 6.42 Å². The van der Waals surface area contributed by atoms with Crippen molar-refractivity contribution in [3.63, 3.8) is 0 Å². The second-order valence-corrected chi connectivity index (χ2v) is 4.23. The minimum atomic E-state index is 0.169. The van der Waals surface area contributed by atoms with E-state index in [2.05, 4.69) is 31.9 Å². The zero-order chi connectivity index (χ0) is 10.6. The normalized spacial score (nSPS) is 9.93. The number of benzene rings is 1. The van der Waals surface area contributed by atoms with Crippen LogP contribution in [0.3, 0.4) is 0 Å². The van der Waals surface area contributed by atoms with Crippen LogP contribution >= 0.6 is 31.9 Å². The number of alkyl halides is 1. The number of rotatable bonds is 4. The van der Waals surface area contributed by atoms with Gasteiger partial charge in [-0.25, -0.2) is 0 Å². The molecule has 4 heteroatoms. The molecule has 0 fully saturated rings. The smallest absolute Gasteiger partial charge is 0.147 e. The van der Waals surface area contributed by atoms with E-state index in [0.717, 1.165) is 15.8 Å². The van der Waals surface area contributed by atoms with Gasteiger partial charge in [-0.05, 0) is 33.6 Å². The summed E-state index contributed by atoms with van der Waals surface area (Å²) < 4.78 is 5.97. The predicted molar refractivity (Wildman–Crippen MR) is 63.2 cm³/mol. The lowest BCUT2D eigenvalue weighted by atomic mass is 10.1. The van der Waals surface area contributed by atoms with Gasteiger partial charge in [0.05, 0.1) is 16.9 Å². The number of Topliss-reactive ketones (excluding diaryl/α,β-unsaturated/α-hetero) is 1. The summed E-state index contributed by atoms with van der Waals surface area (Å²) in [5, 5.41) is 0.399. The van der Waals surface area contributed by atoms with Crippen LogP contribution in [0, 0.1) is 0 Å². The molecule has 0 atom stereocenters. The van der Waals surface area contributed by atoms with Crippen molar-refractivity contribution in [1.82, 2.24) is 0 Å². The standard InChI is InChI=1S/C10H10Br2O2/c1-14-10-3-2-7(5-9(10)12)4-8(13)6-11/h2-3,5H,4,6H2,1H3. The fourth-order valence-corrected chi connectivity index (χ4v) is 1.88. The molecule has 1 rings (SSSR count). The first kappa shape index (κ1) is 11.7. The molecule has 1 aromatic carbocycles. The molecule has 0 unspecified atom stereocenters. The summed E-state index contributed by atoms with van der Waals surface area (Å²) >= 11 is 6.50. The highest BCUT2D eigenvalue weighted by Gasteiger charge is 2.05. The average molecular weight is 322 g/mol. The molecular weight excluding hydrogens is 312 g/mol. The minimum Gasteiger partial charge on any atom is -0.496 e. The van der Waals surface area contributed by atoms with Gasteiger partial charge in [-0.2, -0.15) is 0 Å². The Labute approximate surface area is 99.9 Å². The number of carbonyl (C=O) groups excluding carboxylic acids is 1. The number of carbonyl (C=O) groups is 1. The van der Waals surface area contributed by atoms with Crippen molar-refractivity contribution in [1.29, 1.82) is 0 Å². The third-order valence-electron chi connectivity index (χ3n) is 1.77. The topological polar surface area (TPSA) is 26.3 Å². The molecule has 1 aromatic rings. The zero-order valence-electron chi connectivity index (χ0n) is 7.72. The molecular formula is C10H10Br2O2. The van der Waals surface area contributed by atoms with Crippen LogP contribution in [0.25, 0.3) is 0 Å². The third-order valence-corrected chi connectivity index (χ3v) is 3.01. The summed E-state index contributed by atoms with van der Waals surface area (Å²) in [6, 6.07) is 5.64. The van der Waals surface area contributed by atoms with Crippen LogP contribution in [-0.2, 0) is 11.2 Å². The van der Waals surface area contributed by atoms with Crippen LogP contribution in [0.2, 0.25) is 0 Å². The Bertz CT molecular complexity index is 337. The van der Waals surface area contributed by atoms with Gasteiger partial charge in [-0.1, -0.05) is 22.0 Å². The quantitative estimate of drug-likeness (QED) is 0.797. The van der Waals surface area contributed by atoms with Crippen LogP contribution in [0.15, 0.2) is 22.7 Å². The van der Waals surface area contributed by atoms with Gasteiger partial charge in [-0.15, -0.1) is 0 Å². The molecule has 0 aliphatic heterocycles. The van der Waals surface area contributed by atoms with Crippen molar-refractivity contribution < 1.29 is 9.53 Å². The maximum absolute atomic E-state index is 11.2. The molecule has 0 saturated carbocycles. The van der Waals surface area contributed by atoms with Crippen molar-refractivity contribution >= 4 is 37.6 Å². The van der Waals surface area contributed by atoms with E-state index in [4.69, 9.17) is 4.74 Å². The minimum absolute atomic E-state index is 0.169. The molecule has 0 bridgehead atoms. The fraction of sp³-hybridized carbons (Fsp3) is 0.300. The van der Waals surface area contributed by atoms with Gasteiger partial charge in [0.15, 0.2) is 0 Å². The second-order valence-electron chi connectivity index (χ2n) is 2.82. The van der Waals surface area contributed by atoms with Crippen LogP contribution in [0.1, 0.15) is 5.56 Å². The summed E-state index contributed by atoms with van der Waals surface area (Å²) in [5.41, 5.74) is 0.988. The predicted octanol–water partition coefficient (Wildman–Crippen LogP) is 2.96. The van der Waals surface area contributed by atoms with E-state index in [1.54, 1.807) is 7.11 Å². The molecule has 0 N–H and O–H groups in total. The average Bonchev–Trinajstić information content (AvgIpc) is 2.18. The molecule has 0 radical (unpaired) electrons. The van der Waals surface area contributed by atoms with Crippen LogP contribution in [0.5, 0.6) is 5.75 Å². The molecule has 0 aromatic heterocycles. The highest BCUT2D eigenvalue weighted by atomic mass is 79.9. The van der Waals surface area contributed by atoms with Crippen LogP contribution in [0.4, 0.5) is 0 Å². The Morgan fingerprint density at radius 2 is 2.21 bits per heavy atom. The van der Waals surface area contributed by atoms with Crippen molar-refractivity contribution in [3.05, 3.63) is 28.2 Å². The van der Waals surface area contributed by atoms with Crippen molar-refractivity contribution in [3.8, 4) is 5.75 Å². The Balaban J connectivity index is 2.81. The summed E-state index contributed by atoms with van der Waals surface area (Å²) in [6.07, 6.45) is 0.452. The highest BCUT2D eigenvalue weighted by Crippen LogP contribution is 2.25. The molecule has 0 saturated heterocycles. The second kappa shape index (κ2) is 5.51. The lowest BCUT2D eigenvalue weighted by Gasteiger charge is -2.05. The Morgan fingerprint density at radius 3 is 2.71 bits per heavy atom. The Hall–Kier alpha value is -0.350. The number of ketones is 1. The van der Waals surface area contributed by atoms with Gasteiger partial charge in [0.1, 0.15) is 11.5 Å². The van der Waals surface area contributed by atoms with E-state index in [9.17, 15) is 4.79 Å². The Kier molecular flexibility index (Phi) is 4.62. The molecule has 0 spiro atoms. The van der Waals surface area contributed by atoms with E-state index in [1.165, 1.54) is 0 Å². The van der Waals surface area contributed by atoms with Crippen molar-refractivity contribution in [2.24, 2.45) is 0 Å². The monoisotopic (exact) mass is 320 g/mol. The lowest BCUT2D eigenvalue weighted by molar-refractivity contribution is -0.115. The fourth-order valence-electron chi connectivity index (χ4n) is 1.09. The SMILES string of the molecule is COc1ccc(CC(=O)CBr)cc1Br. The highest BCUT2D eigenvalue weighted by molar-refractivity contribution is 9.10. The molecule has 76 valence electrons. The molecule has 2 nitrogen and oxygen atoms in total. The van der Waals surface area contributed by atoms with E-state index >= 15 is 0 Å². The third kappa shape index (κ3) is 3.10. The lowest BCUT2D eigenvalue weighted by Crippen LogP contribution is -2.03. The van der Waals surface area contributed by atoms with Gasteiger partial charge < -0.3 is 4.74 Å². The number of hydrogen-bond acceptors (Lipinski definition) is 2. The summed E-state index contributed by atoms with van der Waals surface area (Å²) in [5.74, 6) is 0.946. The first-order valence-electron chi connectivity index (χ1n) is 4.07. The summed E-state index contributed by atoms with van der Waals surface area (Å²) in [7, 11) is 1.61. The first-order chi connectivity index (χ1) is 6.67. The number of methoxy groups -OCH3 is 1. The molecule has 0 amide bonds. The first-order valence-corrected chi connectivity index (χ1v) is 5.99. The van der Waals surface area contributed by atoms with Crippen LogP contribution in [-0.4, -0.2) is 18.2 Å². The Morgan fingerprint density at radius 1 is 1.50 bits per heavy atom. The van der Waals surface area contributed by atoms with E-state index < -0.39 is 0 Å². The number of ether oxygens (including phenoxy) is 1. The number of halogens is 2. The summed E-state index contributed by atoms with van der Waals surface area (Å²) in [6.45, 7) is 0. The van der Waals surface area contributed by atoms with E-state index in [1.807, 2.05) is 18.2 Å². The van der Waals surface area contributed by atoms with Gasteiger partial charge in [0.25, 0.3) is 0 Å². The van der Waals surface area contributed by atoms with Gasteiger partial charge in [0, 0.05) is 6.42 Å². The zero-order valence-corrected chi connectivity index (χ0v) is 10.9. The van der Waals surface area contributed by atoms with Crippen LogP contribution < -0.4 is 4.74 Å². The van der Waals surface area contributed by atoms with Crippen molar-refractivity contribution in [2.75, 3.05) is 12.4 Å². The van der Waals surface area contributed by atoms with Gasteiger partial charge >= 0.3 is 0 Å². The molecule has 14 heavy (non-hydrogen) atoms. The summed E-state index contributed by atoms with van der Waals surface area (Å²) in [4.78, 5) is 11.2. The maximum atomic E-state index is 11.2. The van der Waals surface area contributed by atoms with E-state index in [-0.39, 0.29) is 5.78 Å². The van der Waals surface area contributed by atoms with Gasteiger partial charge in [-0.3, -0.25) is 4.79 Å². The number of hydrogen-bond donors (Lipinski definition) is 0. The van der Waals surface area contributed by atoms with E-state index in [0.29, 0.717) is 11.8 Å². The molecule has 0 aliphatic rings. The molecule has 0 heterocycles. The maximum Gasteiger partial charge on any atom is 0.147 e.